The molecule has 0 rings (SSSR count). The smallest absolute Gasteiger partial charge is 0.299 e. The van der Waals surface area contributed by atoms with Crippen molar-refractivity contribution in [2.75, 3.05) is 0 Å². The Labute approximate surface area is 48.0 Å². The molecular formula is C2H5FO4S. The van der Waals surface area contributed by atoms with Crippen LogP contribution in [0.15, 0.2) is 12.8 Å². The highest BCUT2D eigenvalue weighted by Crippen LogP contribution is 1.63. The average Bonchev–Trinajstić information content (AvgIpc) is 1.65. The molecule has 0 atom stereocenters. The summed E-state index contributed by atoms with van der Waals surface area (Å²) in [5, 5.41) is 0. The Morgan fingerprint density at radius 1 is 1.75 bits per heavy atom. The molecule has 8 heavy (non-hydrogen) atoms. The maximum absolute atomic E-state index is 10.1. The van der Waals surface area contributed by atoms with E-state index in [9.17, 15) is 4.53 Å². The molecule has 4 nitrogen and oxygen atoms in total. The lowest BCUT2D eigenvalue weighted by atomic mass is 11.2. The fraction of sp³-hybridized carbons (Fsp3) is 0. The summed E-state index contributed by atoms with van der Waals surface area (Å²) < 4.78 is 32.9. The molecule has 0 aliphatic rings. The van der Waals surface area contributed by atoms with Gasteiger partial charge in [0.2, 0.25) is 0 Å². The standard InChI is InChI=1S/C2H3FO.H2O3S/c1-2-4-3;1-4(2)3/h2H,1H2;(H2,1,2,3). The molecule has 0 spiro atoms. The van der Waals surface area contributed by atoms with Gasteiger partial charge in [-0.3, -0.25) is 9.11 Å². The maximum atomic E-state index is 10.1. The summed E-state index contributed by atoms with van der Waals surface area (Å²) in [6.07, 6.45) is 0.708. The molecule has 0 aliphatic carbocycles. The summed E-state index contributed by atoms with van der Waals surface area (Å²) in [6.45, 7) is 2.88. The van der Waals surface area contributed by atoms with Crippen LogP contribution in [0.1, 0.15) is 0 Å². The van der Waals surface area contributed by atoms with Gasteiger partial charge in [0.05, 0.1) is 0 Å². The van der Waals surface area contributed by atoms with E-state index in [-0.39, 0.29) is 0 Å². The van der Waals surface area contributed by atoms with Crippen LogP contribution < -0.4 is 0 Å². The van der Waals surface area contributed by atoms with Crippen molar-refractivity contribution in [1.82, 2.24) is 0 Å². The van der Waals surface area contributed by atoms with E-state index in [1.807, 2.05) is 0 Å². The Bertz CT molecular complexity index is 70.4. The van der Waals surface area contributed by atoms with Gasteiger partial charge in [-0.15, -0.1) is 0 Å². The fourth-order valence-electron chi connectivity index (χ4n) is 0. The van der Waals surface area contributed by atoms with Crippen molar-refractivity contribution in [3.8, 4) is 0 Å². The Morgan fingerprint density at radius 3 is 1.88 bits per heavy atom. The summed E-state index contributed by atoms with van der Waals surface area (Å²) in [6, 6.07) is 0. The van der Waals surface area contributed by atoms with E-state index in [0.29, 0.717) is 6.26 Å². The third-order valence-corrected chi connectivity index (χ3v) is 0.0630. The highest BCUT2D eigenvalue weighted by Gasteiger charge is 1.62. The van der Waals surface area contributed by atoms with Gasteiger partial charge in [-0.1, -0.05) is 6.58 Å². The van der Waals surface area contributed by atoms with Gasteiger partial charge < -0.3 is 4.94 Å². The van der Waals surface area contributed by atoms with E-state index in [1.165, 1.54) is 0 Å². The first-order chi connectivity index (χ1) is 3.65. The van der Waals surface area contributed by atoms with Gasteiger partial charge in [0.15, 0.2) is 0 Å². The molecule has 0 aromatic rings. The Kier molecular flexibility index (Phi) is 12.8. The van der Waals surface area contributed by atoms with Crippen molar-refractivity contribution in [2.24, 2.45) is 0 Å². The van der Waals surface area contributed by atoms with E-state index >= 15 is 0 Å². The second-order valence-electron chi connectivity index (χ2n) is 0.486. The molecule has 0 heterocycles. The van der Waals surface area contributed by atoms with Crippen LogP contribution in [-0.2, 0) is 16.3 Å². The van der Waals surface area contributed by atoms with Gasteiger partial charge in [0.1, 0.15) is 6.26 Å². The third kappa shape index (κ3) is 392. The summed E-state index contributed by atoms with van der Waals surface area (Å²) >= 11 is -2.61. The average molecular weight is 144 g/mol. The van der Waals surface area contributed by atoms with Crippen molar-refractivity contribution in [2.45, 2.75) is 0 Å². The van der Waals surface area contributed by atoms with Crippen LogP contribution in [0.2, 0.25) is 0 Å². The predicted octanol–water partition coefficient (Wildman–Crippen LogP) is 0.712. The number of rotatable bonds is 1. The Hall–Kier alpha value is -0.460. The molecule has 2 N–H and O–H groups in total. The zero-order valence-electron chi connectivity index (χ0n) is 3.78. The molecule has 0 fully saturated rings. The molecule has 0 saturated heterocycles. The first-order valence-electron chi connectivity index (χ1n) is 1.33. The lowest BCUT2D eigenvalue weighted by Crippen LogP contribution is -1.74. The normalized spacial score (nSPS) is 7.00. The molecule has 0 aromatic carbocycles. The Morgan fingerprint density at radius 2 is 1.88 bits per heavy atom. The van der Waals surface area contributed by atoms with Gasteiger partial charge in [-0.25, -0.2) is 0 Å². The first kappa shape index (κ1) is 10.5. The molecule has 6 heteroatoms. The second kappa shape index (κ2) is 9.74. The summed E-state index contributed by atoms with van der Waals surface area (Å²) in [5.41, 5.74) is 0. The summed E-state index contributed by atoms with van der Waals surface area (Å²) in [7, 11) is 0. The van der Waals surface area contributed by atoms with E-state index in [2.05, 4.69) is 11.5 Å². The van der Waals surface area contributed by atoms with Crippen molar-refractivity contribution >= 4 is 11.4 Å². The molecule has 0 unspecified atom stereocenters. The molecule has 50 valence electrons. The van der Waals surface area contributed by atoms with E-state index in [4.69, 9.17) is 13.3 Å². The lowest BCUT2D eigenvalue weighted by molar-refractivity contribution is -0.0611. The Balaban J connectivity index is 0. The van der Waals surface area contributed by atoms with Gasteiger partial charge in [0.25, 0.3) is 11.4 Å². The number of hydrogen-bond donors (Lipinski definition) is 2. The largest absolute Gasteiger partial charge is 0.303 e. The fourth-order valence-corrected chi connectivity index (χ4v) is 0. The highest BCUT2D eigenvalue weighted by molar-refractivity contribution is 7.73. The minimum atomic E-state index is -2.61. The summed E-state index contributed by atoms with van der Waals surface area (Å²) in [4.78, 5) is 2.81. The highest BCUT2D eigenvalue weighted by atomic mass is 32.2. The molecule has 0 saturated carbocycles. The molecule has 0 bridgehead atoms. The van der Waals surface area contributed by atoms with Crippen LogP contribution in [0.5, 0.6) is 0 Å². The monoisotopic (exact) mass is 144 g/mol. The van der Waals surface area contributed by atoms with Crippen LogP contribution >= 0.6 is 0 Å². The van der Waals surface area contributed by atoms with Crippen molar-refractivity contribution < 1.29 is 22.8 Å². The third-order valence-electron chi connectivity index (χ3n) is 0.0630. The maximum Gasteiger partial charge on any atom is 0.299 e. The lowest BCUT2D eigenvalue weighted by Gasteiger charge is -1.62. The molecule has 0 aromatic heterocycles. The zero-order chi connectivity index (χ0) is 6.99. The molecule has 0 aliphatic heterocycles. The second-order valence-corrected chi connectivity index (χ2v) is 0.948. The zero-order valence-corrected chi connectivity index (χ0v) is 4.60. The van der Waals surface area contributed by atoms with E-state index in [1.54, 1.807) is 0 Å². The van der Waals surface area contributed by atoms with Crippen molar-refractivity contribution in [3.63, 3.8) is 0 Å². The van der Waals surface area contributed by atoms with Gasteiger partial charge in [-0.05, 0) is 0 Å². The molecule has 0 radical (unpaired) electrons. The predicted molar refractivity (Wildman–Crippen MR) is 25.8 cm³/mol. The topological polar surface area (TPSA) is 66.8 Å². The van der Waals surface area contributed by atoms with Crippen LogP contribution in [-0.4, -0.2) is 13.3 Å². The van der Waals surface area contributed by atoms with Gasteiger partial charge in [0, 0.05) is 4.53 Å². The van der Waals surface area contributed by atoms with Crippen LogP contribution in [0.4, 0.5) is 4.53 Å². The van der Waals surface area contributed by atoms with Crippen molar-refractivity contribution in [1.29, 1.82) is 0 Å². The molecular weight excluding hydrogens is 139 g/mol. The van der Waals surface area contributed by atoms with Crippen LogP contribution in [0, 0.1) is 0 Å². The minimum Gasteiger partial charge on any atom is -0.303 e. The number of halogens is 1. The summed E-state index contributed by atoms with van der Waals surface area (Å²) in [5.74, 6) is 0. The quantitative estimate of drug-likeness (QED) is 0.420. The van der Waals surface area contributed by atoms with Crippen LogP contribution in [0.25, 0.3) is 0 Å². The van der Waals surface area contributed by atoms with Crippen molar-refractivity contribution in [3.05, 3.63) is 12.8 Å². The van der Waals surface area contributed by atoms with Gasteiger partial charge >= 0.3 is 0 Å². The SMILES string of the molecule is C=COF.O=S(O)O. The van der Waals surface area contributed by atoms with E-state index in [0.717, 1.165) is 0 Å². The number of hydrogen-bond acceptors (Lipinski definition) is 2. The van der Waals surface area contributed by atoms with Crippen LogP contribution in [0.3, 0.4) is 0 Å². The molecule has 0 amide bonds. The minimum absolute atomic E-state index is 0.708. The first-order valence-corrected chi connectivity index (χ1v) is 2.39. The van der Waals surface area contributed by atoms with Gasteiger partial charge in [-0.2, -0.15) is 4.21 Å². The van der Waals surface area contributed by atoms with E-state index < -0.39 is 11.4 Å².